The number of aromatic nitrogens is 2. The second kappa shape index (κ2) is 6.28. The molecule has 0 amide bonds. The van der Waals surface area contributed by atoms with Crippen LogP contribution in [0.3, 0.4) is 0 Å². The molecule has 0 radical (unpaired) electrons. The lowest BCUT2D eigenvalue weighted by atomic mass is 9.85. The number of anilines is 1. The zero-order valence-electron chi connectivity index (χ0n) is 11.9. The molecule has 1 aromatic rings. The number of nitrogens with zero attached hydrogens (tertiary/aromatic N) is 2. The number of rotatable bonds is 4. The van der Waals surface area contributed by atoms with Gasteiger partial charge in [-0.25, -0.2) is 15.8 Å². The third kappa shape index (κ3) is 2.64. The molecule has 110 valence electrons. The maximum atomic E-state index is 5.73. The van der Waals surface area contributed by atoms with E-state index in [9.17, 15) is 0 Å². The zero-order valence-corrected chi connectivity index (χ0v) is 12.7. The first-order valence-corrected chi connectivity index (χ1v) is 8.45. The van der Waals surface area contributed by atoms with Crippen LogP contribution < -0.4 is 11.3 Å². The first-order chi connectivity index (χ1) is 9.83. The number of hydrogen-bond donors (Lipinski definition) is 2. The third-order valence-electron chi connectivity index (χ3n) is 4.32. The van der Waals surface area contributed by atoms with Gasteiger partial charge in [0.05, 0.1) is 5.69 Å². The Balaban J connectivity index is 1.91. The number of nitrogens with two attached hydrogens (primary N) is 1. The molecule has 0 spiro atoms. The minimum Gasteiger partial charge on any atom is -0.373 e. The first kappa shape index (κ1) is 14.1. The lowest BCUT2D eigenvalue weighted by molar-refractivity contribution is 0.0289. The number of ether oxygens (including phenoxy) is 1. The summed E-state index contributed by atoms with van der Waals surface area (Å²) in [6, 6.07) is 0. The summed E-state index contributed by atoms with van der Waals surface area (Å²) in [6.07, 6.45) is 6.32. The molecule has 3 rings (SSSR count). The van der Waals surface area contributed by atoms with Crippen molar-refractivity contribution in [3.05, 3.63) is 17.1 Å². The van der Waals surface area contributed by atoms with Gasteiger partial charge in [-0.3, -0.25) is 0 Å². The third-order valence-corrected chi connectivity index (χ3v) is 5.29. The number of hydrogen-bond acceptors (Lipinski definition) is 6. The molecule has 3 N–H and O–H groups in total. The summed E-state index contributed by atoms with van der Waals surface area (Å²) in [7, 11) is 1.76. The Morgan fingerprint density at radius 2 is 2.05 bits per heavy atom. The van der Waals surface area contributed by atoms with Gasteiger partial charge in [-0.15, -0.1) is 0 Å². The summed E-state index contributed by atoms with van der Waals surface area (Å²) in [5, 5.41) is 0. The molecule has 2 heterocycles. The second-order valence-electron chi connectivity index (χ2n) is 5.55. The van der Waals surface area contributed by atoms with Crippen LogP contribution in [0.15, 0.2) is 0 Å². The molecule has 1 saturated carbocycles. The normalized spacial score (nSPS) is 20.7. The smallest absolute Gasteiger partial charge is 0.160 e. The maximum Gasteiger partial charge on any atom is 0.160 e. The van der Waals surface area contributed by atoms with Gasteiger partial charge in [-0.2, -0.15) is 11.8 Å². The lowest BCUT2D eigenvalue weighted by Crippen LogP contribution is -2.22. The standard InChI is InChI=1S/C14H22N4OS/c1-19-12(9-5-3-2-4-6-9)14-16-11-8-20-7-10(11)13(17-14)18-15/h9,12H,2-8,15H2,1H3,(H,16,17,18). The van der Waals surface area contributed by atoms with Crippen LogP contribution in [0.25, 0.3) is 0 Å². The van der Waals surface area contributed by atoms with E-state index in [0.29, 0.717) is 5.92 Å². The fourth-order valence-corrected chi connectivity index (χ4v) is 4.30. The predicted octanol–water partition coefficient (Wildman–Crippen LogP) is 2.78. The van der Waals surface area contributed by atoms with Crippen LogP contribution in [0.1, 0.15) is 55.3 Å². The highest BCUT2D eigenvalue weighted by Crippen LogP contribution is 2.38. The van der Waals surface area contributed by atoms with Crippen molar-refractivity contribution >= 4 is 17.6 Å². The minimum absolute atomic E-state index is 0.00157. The summed E-state index contributed by atoms with van der Waals surface area (Å²) in [4.78, 5) is 9.38. The van der Waals surface area contributed by atoms with Crippen molar-refractivity contribution in [3.8, 4) is 0 Å². The summed E-state index contributed by atoms with van der Waals surface area (Å²) in [6.45, 7) is 0. The van der Waals surface area contributed by atoms with Crippen molar-refractivity contribution in [1.29, 1.82) is 0 Å². The van der Waals surface area contributed by atoms with E-state index in [1.54, 1.807) is 7.11 Å². The summed E-state index contributed by atoms with van der Waals surface area (Å²) >= 11 is 1.86. The number of fused-ring (bicyclic) bond motifs is 1. The summed E-state index contributed by atoms with van der Waals surface area (Å²) < 4.78 is 5.73. The Labute approximate surface area is 124 Å². The highest BCUT2D eigenvalue weighted by Gasteiger charge is 2.29. The Hall–Kier alpha value is -0.850. The van der Waals surface area contributed by atoms with Gasteiger partial charge in [0.15, 0.2) is 5.82 Å². The highest BCUT2D eigenvalue weighted by molar-refractivity contribution is 7.98. The molecule has 1 unspecified atom stereocenters. The Morgan fingerprint density at radius 1 is 1.25 bits per heavy atom. The van der Waals surface area contributed by atoms with E-state index >= 15 is 0 Å². The van der Waals surface area contributed by atoms with E-state index in [1.807, 2.05) is 11.8 Å². The average molecular weight is 294 g/mol. The molecule has 1 fully saturated rings. The lowest BCUT2D eigenvalue weighted by Gasteiger charge is -2.28. The van der Waals surface area contributed by atoms with Crippen molar-refractivity contribution in [2.45, 2.75) is 49.7 Å². The van der Waals surface area contributed by atoms with Gasteiger partial charge in [-0.1, -0.05) is 19.3 Å². The van der Waals surface area contributed by atoms with E-state index in [4.69, 9.17) is 15.6 Å². The minimum atomic E-state index is -0.00157. The summed E-state index contributed by atoms with van der Waals surface area (Å²) in [5.41, 5.74) is 5.00. The molecule has 0 saturated heterocycles. The van der Waals surface area contributed by atoms with Gasteiger partial charge in [0.1, 0.15) is 11.9 Å². The van der Waals surface area contributed by atoms with Crippen LogP contribution >= 0.6 is 11.8 Å². The van der Waals surface area contributed by atoms with E-state index in [1.165, 1.54) is 32.1 Å². The molecular weight excluding hydrogens is 272 g/mol. The van der Waals surface area contributed by atoms with Gasteiger partial charge in [0, 0.05) is 24.2 Å². The van der Waals surface area contributed by atoms with Gasteiger partial charge < -0.3 is 10.2 Å². The van der Waals surface area contributed by atoms with Crippen molar-refractivity contribution < 1.29 is 4.74 Å². The average Bonchev–Trinajstić information content (AvgIpc) is 2.97. The molecule has 1 aliphatic heterocycles. The molecule has 1 aliphatic carbocycles. The predicted molar refractivity (Wildman–Crippen MR) is 81.2 cm³/mol. The molecule has 0 bridgehead atoms. The van der Waals surface area contributed by atoms with E-state index in [0.717, 1.165) is 34.4 Å². The number of nitrogens with one attached hydrogen (secondary N) is 1. The zero-order chi connectivity index (χ0) is 13.9. The van der Waals surface area contributed by atoms with Gasteiger partial charge in [-0.05, 0) is 18.8 Å². The van der Waals surface area contributed by atoms with Crippen LogP contribution in [-0.4, -0.2) is 17.1 Å². The van der Waals surface area contributed by atoms with Crippen molar-refractivity contribution in [1.82, 2.24) is 9.97 Å². The monoisotopic (exact) mass is 294 g/mol. The Kier molecular flexibility index (Phi) is 4.43. The number of nitrogen functional groups attached to an aromatic ring is 1. The Morgan fingerprint density at radius 3 is 2.75 bits per heavy atom. The molecular formula is C14H22N4OS. The molecule has 0 aromatic carbocycles. The first-order valence-electron chi connectivity index (χ1n) is 7.30. The van der Waals surface area contributed by atoms with E-state index in [-0.39, 0.29) is 6.10 Å². The number of thioether (sulfide) groups is 1. The fourth-order valence-electron chi connectivity index (χ4n) is 3.26. The van der Waals surface area contributed by atoms with Crippen LogP contribution in [0.4, 0.5) is 5.82 Å². The molecule has 1 aromatic heterocycles. The molecule has 1 atom stereocenters. The molecule has 2 aliphatic rings. The Bertz CT molecular complexity index is 476. The van der Waals surface area contributed by atoms with Crippen LogP contribution in [0, 0.1) is 5.92 Å². The summed E-state index contributed by atoms with van der Waals surface area (Å²) in [5.74, 6) is 9.61. The quantitative estimate of drug-likeness (QED) is 0.657. The fraction of sp³-hybridized carbons (Fsp3) is 0.714. The molecule has 20 heavy (non-hydrogen) atoms. The van der Waals surface area contributed by atoms with E-state index in [2.05, 4.69) is 10.4 Å². The van der Waals surface area contributed by atoms with Crippen molar-refractivity contribution in [2.75, 3.05) is 12.5 Å². The van der Waals surface area contributed by atoms with Gasteiger partial charge in [0.25, 0.3) is 0 Å². The number of hydrazine groups is 1. The second-order valence-corrected chi connectivity index (χ2v) is 6.53. The van der Waals surface area contributed by atoms with Crippen LogP contribution in [0.5, 0.6) is 0 Å². The van der Waals surface area contributed by atoms with Crippen LogP contribution in [0.2, 0.25) is 0 Å². The molecule has 6 heteroatoms. The van der Waals surface area contributed by atoms with Crippen molar-refractivity contribution in [2.24, 2.45) is 11.8 Å². The van der Waals surface area contributed by atoms with Gasteiger partial charge >= 0.3 is 0 Å². The SMILES string of the molecule is COC(c1nc2c(c(NN)n1)CSC2)C1CCCCC1. The maximum absolute atomic E-state index is 5.73. The highest BCUT2D eigenvalue weighted by atomic mass is 32.2. The van der Waals surface area contributed by atoms with Crippen molar-refractivity contribution in [3.63, 3.8) is 0 Å². The topological polar surface area (TPSA) is 73.1 Å². The van der Waals surface area contributed by atoms with Gasteiger partial charge in [0.2, 0.25) is 0 Å². The van der Waals surface area contributed by atoms with Crippen LogP contribution in [-0.2, 0) is 16.2 Å². The van der Waals surface area contributed by atoms with E-state index < -0.39 is 0 Å². The largest absolute Gasteiger partial charge is 0.373 e. The molecule has 5 nitrogen and oxygen atoms in total. The number of methoxy groups -OCH3 is 1.